The van der Waals surface area contributed by atoms with Gasteiger partial charge in [-0.05, 0) is 14.0 Å². The Balaban J connectivity index is 3.85. The number of likely N-dealkylation sites (N-methyl/N-ethyl adjacent to an activating group) is 1. The van der Waals surface area contributed by atoms with E-state index in [2.05, 4.69) is 0 Å². The standard InChI is InChI=1S/C4H9NO2/c1-5(2)3-4(6)7/h3H2,1-2H3,(H,6,7)/i1D3. The fourth-order valence-corrected chi connectivity index (χ4v) is 0.203. The van der Waals surface area contributed by atoms with E-state index in [1.165, 1.54) is 7.05 Å². The molecule has 0 aliphatic carbocycles. The summed E-state index contributed by atoms with van der Waals surface area (Å²) < 4.78 is 20.2. The van der Waals surface area contributed by atoms with Gasteiger partial charge in [0.05, 0.1) is 6.54 Å². The normalized spacial score (nSPS) is 17.7. The molecule has 0 aromatic heterocycles. The van der Waals surface area contributed by atoms with Crippen LogP contribution in [0.15, 0.2) is 0 Å². The zero-order valence-corrected chi connectivity index (χ0v) is 4.01. The van der Waals surface area contributed by atoms with Crippen molar-refractivity contribution in [2.24, 2.45) is 0 Å². The first-order valence-electron chi connectivity index (χ1n) is 3.27. The van der Waals surface area contributed by atoms with Crippen LogP contribution in [-0.2, 0) is 4.79 Å². The van der Waals surface area contributed by atoms with Crippen molar-refractivity contribution in [1.29, 1.82) is 0 Å². The average Bonchev–Trinajstić information content (AvgIpc) is 1.60. The maximum absolute atomic E-state index is 9.96. The van der Waals surface area contributed by atoms with Gasteiger partial charge in [-0.3, -0.25) is 9.69 Å². The number of rotatable bonds is 2. The predicted molar refractivity (Wildman–Crippen MR) is 26.2 cm³/mol. The minimum atomic E-state index is -2.31. The Hall–Kier alpha value is -0.570. The van der Waals surface area contributed by atoms with Crippen molar-refractivity contribution in [1.82, 2.24) is 4.90 Å². The number of carbonyl (C=O) groups is 1. The highest BCUT2D eigenvalue weighted by Gasteiger charge is 1.94. The van der Waals surface area contributed by atoms with Gasteiger partial charge < -0.3 is 5.11 Å². The molecular formula is C4H9NO2. The van der Waals surface area contributed by atoms with Crippen LogP contribution in [0.4, 0.5) is 0 Å². The molecule has 3 heteroatoms. The summed E-state index contributed by atoms with van der Waals surface area (Å²) in [6, 6.07) is 0. The molecule has 0 atom stereocenters. The molecule has 0 fully saturated rings. The molecule has 0 aliphatic rings. The van der Waals surface area contributed by atoms with Crippen LogP contribution >= 0.6 is 0 Å². The van der Waals surface area contributed by atoms with E-state index < -0.39 is 19.5 Å². The fraction of sp³-hybridized carbons (Fsp3) is 0.750. The molecule has 0 unspecified atom stereocenters. The summed E-state index contributed by atoms with van der Waals surface area (Å²) in [4.78, 5) is 10.8. The Morgan fingerprint density at radius 2 is 2.71 bits per heavy atom. The van der Waals surface area contributed by atoms with Crippen molar-refractivity contribution in [3.05, 3.63) is 0 Å². The topological polar surface area (TPSA) is 40.5 Å². The Morgan fingerprint density at radius 3 is 2.86 bits per heavy atom. The summed E-state index contributed by atoms with van der Waals surface area (Å²) >= 11 is 0. The van der Waals surface area contributed by atoms with Crippen molar-refractivity contribution < 1.29 is 14.0 Å². The lowest BCUT2D eigenvalue weighted by atomic mass is 10.6. The van der Waals surface area contributed by atoms with Gasteiger partial charge in [-0.1, -0.05) is 0 Å². The largest absolute Gasteiger partial charge is 0.480 e. The first kappa shape index (κ1) is 2.67. The number of hydrogen-bond donors (Lipinski definition) is 1. The minimum Gasteiger partial charge on any atom is -0.480 e. The summed E-state index contributed by atoms with van der Waals surface area (Å²) in [6.45, 7) is -2.77. The van der Waals surface area contributed by atoms with Crippen LogP contribution in [0.3, 0.4) is 0 Å². The lowest BCUT2D eigenvalue weighted by molar-refractivity contribution is -0.137. The second-order valence-corrected chi connectivity index (χ2v) is 1.25. The molecule has 0 aliphatic heterocycles. The van der Waals surface area contributed by atoms with Crippen LogP contribution in [0.5, 0.6) is 0 Å². The van der Waals surface area contributed by atoms with E-state index in [0.717, 1.165) is 4.90 Å². The monoisotopic (exact) mass is 106 g/mol. The Bertz CT molecular complexity index is 133. The molecule has 0 radical (unpaired) electrons. The lowest BCUT2D eigenvalue weighted by Gasteiger charge is -2.01. The van der Waals surface area contributed by atoms with E-state index in [0.29, 0.717) is 0 Å². The second-order valence-electron chi connectivity index (χ2n) is 1.25. The van der Waals surface area contributed by atoms with Crippen LogP contribution in [0.25, 0.3) is 0 Å². The molecule has 7 heavy (non-hydrogen) atoms. The number of carboxylic acid groups (broad SMARTS) is 1. The van der Waals surface area contributed by atoms with Crippen LogP contribution in [0.1, 0.15) is 4.11 Å². The zero-order chi connectivity index (χ0) is 8.36. The van der Waals surface area contributed by atoms with E-state index in [-0.39, 0.29) is 0 Å². The van der Waals surface area contributed by atoms with Crippen LogP contribution in [0.2, 0.25) is 0 Å². The molecule has 0 saturated carbocycles. The fourth-order valence-electron chi connectivity index (χ4n) is 0.203. The highest BCUT2D eigenvalue weighted by atomic mass is 16.4. The third-order valence-electron chi connectivity index (χ3n) is 0.372. The molecule has 0 aromatic carbocycles. The van der Waals surface area contributed by atoms with Crippen molar-refractivity contribution in [2.75, 3.05) is 20.6 Å². The minimum absolute atomic E-state index is 0.462. The molecule has 0 bridgehead atoms. The number of nitrogens with zero attached hydrogens (tertiary/aromatic N) is 1. The van der Waals surface area contributed by atoms with E-state index in [1.807, 2.05) is 0 Å². The summed E-state index contributed by atoms with van der Waals surface area (Å²) in [7, 11) is 1.24. The van der Waals surface area contributed by atoms with Gasteiger partial charge in [0, 0.05) is 4.11 Å². The number of aliphatic carboxylic acids is 1. The van der Waals surface area contributed by atoms with Crippen LogP contribution < -0.4 is 0 Å². The molecule has 0 aromatic rings. The van der Waals surface area contributed by atoms with Crippen LogP contribution in [-0.4, -0.2) is 36.5 Å². The van der Waals surface area contributed by atoms with Crippen molar-refractivity contribution in [2.45, 2.75) is 0 Å². The van der Waals surface area contributed by atoms with Gasteiger partial charge in [0.1, 0.15) is 0 Å². The quantitative estimate of drug-likeness (QED) is 0.522. The van der Waals surface area contributed by atoms with Gasteiger partial charge in [0.2, 0.25) is 0 Å². The first-order chi connectivity index (χ1) is 4.34. The Kier molecular flexibility index (Phi) is 0.982. The molecule has 1 N–H and O–H groups in total. The van der Waals surface area contributed by atoms with Crippen molar-refractivity contribution in [3.63, 3.8) is 0 Å². The summed E-state index contributed by atoms with van der Waals surface area (Å²) in [5.41, 5.74) is 0. The van der Waals surface area contributed by atoms with Crippen molar-refractivity contribution in [3.8, 4) is 0 Å². The van der Waals surface area contributed by atoms with Crippen LogP contribution in [0, 0.1) is 0 Å². The molecule has 0 saturated heterocycles. The smallest absolute Gasteiger partial charge is 0.317 e. The molecule has 0 amide bonds. The lowest BCUT2D eigenvalue weighted by Crippen LogP contribution is -2.20. The predicted octanol–water partition coefficient (Wildman–Crippen LogP) is -0.367. The summed E-state index contributed by atoms with van der Waals surface area (Å²) in [5, 5.41) is 8.16. The van der Waals surface area contributed by atoms with Gasteiger partial charge in [0.15, 0.2) is 0 Å². The molecule has 0 spiro atoms. The van der Waals surface area contributed by atoms with Gasteiger partial charge in [-0.25, -0.2) is 0 Å². The van der Waals surface area contributed by atoms with Gasteiger partial charge in [-0.15, -0.1) is 0 Å². The second kappa shape index (κ2) is 2.58. The van der Waals surface area contributed by atoms with E-state index in [9.17, 15) is 4.79 Å². The maximum atomic E-state index is 9.96. The third kappa shape index (κ3) is 5.43. The highest BCUT2D eigenvalue weighted by Crippen LogP contribution is 1.69. The molecule has 3 nitrogen and oxygen atoms in total. The Labute approximate surface area is 46.8 Å². The summed E-state index contributed by atoms with van der Waals surface area (Å²) in [5.74, 6) is -1.14. The zero-order valence-electron chi connectivity index (χ0n) is 7.01. The molecule has 0 rings (SSSR count). The summed E-state index contributed by atoms with van der Waals surface area (Å²) in [6.07, 6.45) is 0. The van der Waals surface area contributed by atoms with E-state index >= 15 is 0 Å². The highest BCUT2D eigenvalue weighted by molar-refractivity contribution is 5.68. The van der Waals surface area contributed by atoms with Crippen molar-refractivity contribution >= 4 is 5.97 Å². The number of hydrogen-bond acceptors (Lipinski definition) is 2. The first-order valence-corrected chi connectivity index (χ1v) is 1.77. The molecule has 42 valence electrons. The molecule has 0 heterocycles. The SMILES string of the molecule is [2H]C([2H])([2H])N(C)CC(=O)O. The van der Waals surface area contributed by atoms with E-state index in [1.54, 1.807) is 0 Å². The Morgan fingerprint density at radius 1 is 2.14 bits per heavy atom. The maximum Gasteiger partial charge on any atom is 0.317 e. The van der Waals surface area contributed by atoms with E-state index in [4.69, 9.17) is 9.22 Å². The van der Waals surface area contributed by atoms with Gasteiger partial charge in [0.25, 0.3) is 0 Å². The van der Waals surface area contributed by atoms with Gasteiger partial charge in [-0.2, -0.15) is 0 Å². The molecular weight excluding hydrogens is 94.0 g/mol. The third-order valence-corrected chi connectivity index (χ3v) is 0.372. The average molecular weight is 106 g/mol. The van der Waals surface area contributed by atoms with Gasteiger partial charge >= 0.3 is 5.97 Å². The number of carboxylic acids is 1.